The Morgan fingerprint density at radius 3 is 2.41 bits per heavy atom. The van der Waals surface area contributed by atoms with Gasteiger partial charge in [-0.25, -0.2) is 0 Å². The van der Waals surface area contributed by atoms with Crippen LogP contribution in [-0.2, 0) is 20.7 Å². The summed E-state index contributed by atoms with van der Waals surface area (Å²) in [6, 6.07) is 9.55. The maximum atomic E-state index is 11.5. The molecule has 1 aromatic carbocycles. The maximum Gasteiger partial charge on any atom is 0.312 e. The second kappa shape index (κ2) is 7.85. The summed E-state index contributed by atoms with van der Waals surface area (Å²) in [5, 5.41) is 0. The summed E-state index contributed by atoms with van der Waals surface area (Å²) in [6.45, 7) is 4.16. The van der Waals surface area contributed by atoms with Crippen molar-refractivity contribution in [1.29, 1.82) is 0 Å². The molecule has 0 spiro atoms. The molecule has 1 aromatic rings. The molecule has 3 heteroatoms. The van der Waals surface area contributed by atoms with E-state index in [1.807, 2.05) is 30.3 Å². The Balaban J connectivity index is 2.22. The molecule has 0 radical (unpaired) electrons. The van der Waals surface area contributed by atoms with E-state index in [1.54, 1.807) is 0 Å². The predicted molar refractivity (Wildman–Crippen MR) is 66.6 cm³/mol. The van der Waals surface area contributed by atoms with Gasteiger partial charge in [-0.3, -0.25) is 4.79 Å². The lowest BCUT2D eigenvalue weighted by molar-refractivity contribution is -0.160. The van der Waals surface area contributed by atoms with Crippen molar-refractivity contribution < 1.29 is 14.3 Å². The van der Waals surface area contributed by atoms with E-state index < -0.39 is 0 Å². The van der Waals surface area contributed by atoms with E-state index in [1.165, 1.54) is 0 Å². The third-order valence-corrected chi connectivity index (χ3v) is 2.63. The van der Waals surface area contributed by atoms with Crippen LogP contribution in [0.4, 0.5) is 0 Å². The van der Waals surface area contributed by atoms with Crippen LogP contribution in [0.5, 0.6) is 0 Å². The molecule has 0 aliphatic rings. The summed E-state index contributed by atoms with van der Waals surface area (Å²) >= 11 is 0. The van der Waals surface area contributed by atoms with Crippen molar-refractivity contribution in [3.8, 4) is 0 Å². The molecule has 1 rings (SSSR count). The Bertz CT molecular complexity index is 317. The first-order valence-corrected chi connectivity index (χ1v) is 6.07. The largest absolute Gasteiger partial charge is 0.438 e. The molecular formula is C14H20O3. The SMILES string of the molecule is CCC(CC)OCOC(=O)Cc1ccccc1. The van der Waals surface area contributed by atoms with Gasteiger partial charge in [0.1, 0.15) is 0 Å². The highest BCUT2D eigenvalue weighted by Gasteiger charge is 2.07. The molecule has 0 atom stereocenters. The zero-order valence-corrected chi connectivity index (χ0v) is 10.5. The summed E-state index contributed by atoms with van der Waals surface area (Å²) in [6.07, 6.45) is 2.35. The second-order valence-corrected chi connectivity index (χ2v) is 3.90. The van der Waals surface area contributed by atoms with E-state index in [9.17, 15) is 4.79 Å². The van der Waals surface area contributed by atoms with Gasteiger partial charge in [0.25, 0.3) is 0 Å². The van der Waals surface area contributed by atoms with Gasteiger partial charge in [0.2, 0.25) is 0 Å². The number of hydrogen-bond donors (Lipinski definition) is 0. The van der Waals surface area contributed by atoms with E-state index in [0.29, 0.717) is 6.42 Å². The van der Waals surface area contributed by atoms with E-state index >= 15 is 0 Å². The minimum absolute atomic E-state index is 0.0536. The number of ether oxygens (including phenoxy) is 2. The molecule has 0 heterocycles. The molecule has 94 valence electrons. The lowest BCUT2D eigenvalue weighted by atomic mass is 10.2. The summed E-state index contributed by atoms with van der Waals surface area (Å²) in [5.41, 5.74) is 0.958. The Morgan fingerprint density at radius 2 is 1.82 bits per heavy atom. The monoisotopic (exact) mass is 236 g/mol. The van der Waals surface area contributed by atoms with Gasteiger partial charge in [0, 0.05) is 0 Å². The average Bonchev–Trinajstić information content (AvgIpc) is 2.36. The molecule has 0 aliphatic heterocycles. The van der Waals surface area contributed by atoms with Gasteiger partial charge in [0.15, 0.2) is 6.79 Å². The van der Waals surface area contributed by atoms with Crippen molar-refractivity contribution in [3.63, 3.8) is 0 Å². The average molecular weight is 236 g/mol. The Hall–Kier alpha value is -1.35. The second-order valence-electron chi connectivity index (χ2n) is 3.90. The van der Waals surface area contributed by atoms with Crippen molar-refractivity contribution in [2.24, 2.45) is 0 Å². The Morgan fingerprint density at radius 1 is 1.18 bits per heavy atom. The number of benzene rings is 1. The third-order valence-electron chi connectivity index (χ3n) is 2.63. The van der Waals surface area contributed by atoms with Gasteiger partial charge in [0.05, 0.1) is 12.5 Å². The van der Waals surface area contributed by atoms with Crippen LogP contribution in [0.3, 0.4) is 0 Å². The fraction of sp³-hybridized carbons (Fsp3) is 0.500. The van der Waals surface area contributed by atoms with E-state index in [4.69, 9.17) is 9.47 Å². The van der Waals surface area contributed by atoms with E-state index in [-0.39, 0.29) is 18.9 Å². The van der Waals surface area contributed by atoms with E-state index in [0.717, 1.165) is 18.4 Å². The zero-order chi connectivity index (χ0) is 12.5. The van der Waals surface area contributed by atoms with Crippen molar-refractivity contribution >= 4 is 5.97 Å². The molecule has 3 nitrogen and oxygen atoms in total. The topological polar surface area (TPSA) is 35.5 Å². The maximum absolute atomic E-state index is 11.5. The van der Waals surface area contributed by atoms with Crippen molar-refractivity contribution in [3.05, 3.63) is 35.9 Å². The van der Waals surface area contributed by atoms with Crippen LogP contribution in [0.25, 0.3) is 0 Å². The lowest BCUT2D eigenvalue weighted by Crippen LogP contribution is -2.16. The van der Waals surface area contributed by atoms with Crippen LogP contribution in [0.15, 0.2) is 30.3 Å². The van der Waals surface area contributed by atoms with Crippen molar-refractivity contribution in [2.75, 3.05) is 6.79 Å². The molecule has 17 heavy (non-hydrogen) atoms. The summed E-state index contributed by atoms with van der Waals surface area (Å²) < 4.78 is 10.4. The molecule has 0 saturated carbocycles. The predicted octanol–water partition coefficient (Wildman–Crippen LogP) is 2.94. The molecule has 0 aromatic heterocycles. The van der Waals surface area contributed by atoms with Gasteiger partial charge >= 0.3 is 5.97 Å². The minimum atomic E-state index is -0.248. The van der Waals surface area contributed by atoms with Crippen LogP contribution >= 0.6 is 0 Å². The summed E-state index contributed by atoms with van der Waals surface area (Å²) in [7, 11) is 0. The van der Waals surface area contributed by atoms with Gasteiger partial charge in [-0.1, -0.05) is 44.2 Å². The van der Waals surface area contributed by atoms with Gasteiger partial charge in [-0.15, -0.1) is 0 Å². The molecule has 0 N–H and O–H groups in total. The summed E-state index contributed by atoms with van der Waals surface area (Å²) in [5.74, 6) is -0.248. The van der Waals surface area contributed by atoms with Gasteiger partial charge in [-0.05, 0) is 18.4 Å². The number of carbonyl (C=O) groups is 1. The standard InChI is InChI=1S/C14H20O3/c1-3-13(4-2)16-11-17-14(15)10-12-8-6-5-7-9-12/h5-9,13H,3-4,10-11H2,1-2H3. The van der Waals surface area contributed by atoms with Crippen molar-refractivity contribution in [1.82, 2.24) is 0 Å². The summed E-state index contributed by atoms with van der Waals surface area (Å²) in [4.78, 5) is 11.5. The highest BCUT2D eigenvalue weighted by Crippen LogP contribution is 2.04. The smallest absolute Gasteiger partial charge is 0.312 e. The first kappa shape index (κ1) is 13.7. The molecule has 0 aliphatic carbocycles. The highest BCUT2D eigenvalue weighted by atomic mass is 16.7. The van der Waals surface area contributed by atoms with Crippen LogP contribution in [0.1, 0.15) is 32.3 Å². The minimum Gasteiger partial charge on any atom is -0.438 e. The quantitative estimate of drug-likeness (QED) is 0.539. The molecule has 0 saturated heterocycles. The number of carbonyl (C=O) groups excluding carboxylic acids is 1. The number of rotatable bonds is 7. The molecule has 0 bridgehead atoms. The lowest BCUT2D eigenvalue weighted by Gasteiger charge is -2.13. The van der Waals surface area contributed by atoms with Crippen molar-refractivity contribution in [2.45, 2.75) is 39.2 Å². The number of hydrogen-bond acceptors (Lipinski definition) is 3. The van der Waals surface area contributed by atoms with E-state index in [2.05, 4.69) is 13.8 Å². The Kier molecular flexibility index (Phi) is 6.33. The normalized spacial score (nSPS) is 10.5. The molecule has 0 amide bonds. The molecular weight excluding hydrogens is 216 g/mol. The van der Waals surface area contributed by atoms with Crippen LogP contribution in [-0.4, -0.2) is 18.9 Å². The van der Waals surface area contributed by atoms with Gasteiger partial charge in [-0.2, -0.15) is 0 Å². The highest BCUT2D eigenvalue weighted by molar-refractivity contribution is 5.72. The molecule has 0 fully saturated rings. The van der Waals surface area contributed by atoms with Crippen LogP contribution in [0, 0.1) is 0 Å². The third kappa shape index (κ3) is 5.50. The van der Waals surface area contributed by atoms with Crippen LogP contribution < -0.4 is 0 Å². The Labute approximate surface area is 103 Å². The van der Waals surface area contributed by atoms with Crippen LogP contribution in [0.2, 0.25) is 0 Å². The fourth-order valence-corrected chi connectivity index (χ4v) is 1.53. The number of esters is 1. The fourth-order valence-electron chi connectivity index (χ4n) is 1.53. The first-order valence-electron chi connectivity index (χ1n) is 6.07. The molecule has 0 unspecified atom stereocenters. The first-order chi connectivity index (χ1) is 8.26. The van der Waals surface area contributed by atoms with Gasteiger partial charge < -0.3 is 9.47 Å². The zero-order valence-electron chi connectivity index (χ0n) is 10.5.